The molecular formula is C37H50N4O8. The summed E-state index contributed by atoms with van der Waals surface area (Å²) >= 11 is 0. The van der Waals surface area contributed by atoms with Gasteiger partial charge in [-0.25, -0.2) is 4.79 Å². The van der Waals surface area contributed by atoms with Crippen LogP contribution in [0.1, 0.15) is 74.7 Å². The molecule has 0 unspecified atom stereocenters. The maximum absolute atomic E-state index is 14.2. The van der Waals surface area contributed by atoms with Crippen LogP contribution in [-0.2, 0) is 30.3 Å². The monoisotopic (exact) mass is 678 g/mol. The lowest BCUT2D eigenvalue weighted by Gasteiger charge is -2.34. The Bertz CT molecular complexity index is 1430. The van der Waals surface area contributed by atoms with E-state index >= 15 is 0 Å². The summed E-state index contributed by atoms with van der Waals surface area (Å²) in [6.07, 6.45) is 3.61. The van der Waals surface area contributed by atoms with Crippen LogP contribution in [0.2, 0.25) is 0 Å². The van der Waals surface area contributed by atoms with Gasteiger partial charge in [-0.2, -0.15) is 0 Å². The number of carbonyl (C=O) groups excluding carboxylic acids is 5. The Labute approximate surface area is 288 Å². The summed E-state index contributed by atoms with van der Waals surface area (Å²) in [6.45, 7) is 4.03. The molecule has 49 heavy (non-hydrogen) atoms. The van der Waals surface area contributed by atoms with Gasteiger partial charge in [-0.1, -0.05) is 75.6 Å². The number of nitrogens with one attached hydrogen (secondary N) is 2. The number of benzene rings is 2. The van der Waals surface area contributed by atoms with Crippen LogP contribution in [0.3, 0.4) is 0 Å². The normalized spacial score (nSPS) is 24.2. The lowest BCUT2D eigenvalue weighted by Crippen LogP contribution is -2.57. The lowest BCUT2D eigenvalue weighted by atomic mass is 10.0. The minimum atomic E-state index is -1.03. The van der Waals surface area contributed by atoms with E-state index in [9.17, 15) is 29.1 Å². The molecule has 2 heterocycles. The molecule has 266 valence electrons. The van der Waals surface area contributed by atoms with Crippen molar-refractivity contribution in [2.45, 2.75) is 89.4 Å². The molecular weight excluding hydrogens is 628 g/mol. The molecule has 0 bridgehead atoms. The minimum absolute atomic E-state index is 0.00368. The molecule has 12 nitrogen and oxygen atoms in total. The van der Waals surface area contributed by atoms with Crippen molar-refractivity contribution >= 4 is 29.6 Å². The van der Waals surface area contributed by atoms with Gasteiger partial charge >= 0.3 is 5.97 Å². The molecule has 3 N–H and O–H groups in total. The lowest BCUT2D eigenvalue weighted by molar-refractivity contribution is -0.147. The van der Waals surface area contributed by atoms with E-state index in [-0.39, 0.29) is 62.2 Å². The molecule has 1 fully saturated rings. The van der Waals surface area contributed by atoms with Gasteiger partial charge in [0.15, 0.2) is 6.61 Å². The first-order valence-electron chi connectivity index (χ1n) is 17.3. The second kappa shape index (κ2) is 18.4. The van der Waals surface area contributed by atoms with Crippen LogP contribution in [0.25, 0.3) is 0 Å². The number of fused-ring (bicyclic) bond motifs is 2. The van der Waals surface area contributed by atoms with Crippen LogP contribution >= 0.6 is 0 Å². The molecule has 2 aromatic rings. The Morgan fingerprint density at radius 1 is 0.878 bits per heavy atom. The summed E-state index contributed by atoms with van der Waals surface area (Å²) in [7, 11) is 1.56. The van der Waals surface area contributed by atoms with Gasteiger partial charge in [-0.3, -0.25) is 19.2 Å². The van der Waals surface area contributed by atoms with Gasteiger partial charge < -0.3 is 35.0 Å². The average Bonchev–Trinajstić information content (AvgIpc) is 3.48. The number of esters is 1. The van der Waals surface area contributed by atoms with Crippen LogP contribution in [-0.4, -0.2) is 102 Å². The zero-order valence-electron chi connectivity index (χ0n) is 28.8. The predicted octanol–water partition coefficient (Wildman–Crippen LogP) is 2.86. The molecule has 2 aliphatic rings. The maximum atomic E-state index is 14.2. The largest absolute Gasteiger partial charge is 0.481 e. The topological polar surface area (TPSA) is 155 Å². The van der Waals surface area contributed by atoms with Crippen LogP contribution < -0.4 is 15.4 Å². The number of rotatable bonds is 4. The molecule has 0 radical (unpaired) electrons. The molecule has 0 aromatic heterocycles. The highest BCUT2D eigenvalue weighted by molar-refractivity contribution is 6.00. The van der Waals surface area contributed by atoms with E-state index < -0.39 is 47.9 Å². The van der Waals surface area contributed by atoms with Crippen LogP contribution in [0.5, 0.6) is 5.75 Å². The zero-order chi connectivity index (χ0) is 35.3. The number of likely N-dealkylation sites (N-methyl/N-ethyl adjacent to an activating group) is 1. The number of amides is 4. The van der Waals surface area contributed by atoms with E-state index in [1.165, 1.54) is 15.9 Å². The van der Waals surface area contributed by atoms with Gasteiger partial charge in [-0.15, -0.1) is 0 Å². The zero-order valence-corrected chi connectivity index (χ0v) is 28.8. The van der Waals surface area contributed by atoms with Crippen molar-refractivity contribution < 1.29 is 38.6 Å². The number of para-hydroxylation sites is 1. The van der Waals surface area contributed by atoms with Crippen molar-refractivity contribution in [1.29, 1.82) is 0 Å². The summed E-state index contributed by atoms with van der Waals surface area (Å²) in [4.78, 5) is 70.6. The first-order valence-corrected chi connectivity index (χ1v) is 17.3. The van der Waals surface area contributed by atoms with Crippen molar-refractivity contribution in [3.8, 4) is 5.75 Å². The molecule has 2 aromatic carbocycles. The average molecular weight is 679 g/mol. The third kappa shape index (κ3) is 10.8. The molecule has 4 atom stereocenters. The number of carbonyl (C=O) groups is 5. The molecule has 4 rings (SSSR count). The highest BCUT2D eigenvalue weighted by atomic mass is 16.6. The molecule has 12 heteroatoms. The Morgan fingerprint density at radius 2 is 1.57 bits per heavy atom. The Morgan fingerprint density at radius 3 is 2.33 bits per heavy atom. The van der Waals surface area contributed by atoms with Crippen molar-refractivity contribution in [3.63, 3.8) is 0 Å². The van der Waals surface area contributed by atoms with Crippen molar-refractivity contribution in [2.75, 3.05) is 33.4 Å². The van der Waals surface area contributed by atoms with Gasteiger partial charge in [0.1, 0.15) is 23.9 Å². The van der Waals surface area contributed by atoms with E-state index in [4.69, 9.17) is 9.47 Å². The van der Waals surface area contributed by atoms with Gasteiger partial charge in [0.25, 0.3) is 5.91 Å². The Hall–Kier alpha value is -4.45. The van der Waals surface area contributed by atoms with Gasteiger partial charge in [0.2, 0.25) is 17.7 Å². The highest BCUT2D eigenvalue weighted by Gasteiger charge is 2.44. The fourth-order valence-corrected chi connectivity index (χ4v) is 6.28. The fourth-order valence-electron chi connectivity index (χ4n) is 6.28. The Kier molecular flexibility index (Phi) is 14.0. The SMILES string of the molecule is CC(C)C[C@H]1NC(=O)c2ccccc2OCC(=O)OCCCCCCCNC(=O)[C@H](Cc2ccccc2)N(C)C(=O)[C@H]2C[C@H](O)CN2C1=O. The summed E-state index contributed by atoms with van der Waals surface area (Å²) in [6, 6.07) is 12.9. The third-order valence-electron chi connectivity index (χ3n) is 8.91. The van der Waals surface area contributed by atoms with E-state index in [2.05, 4.69) is 10.6 Å². The number of aliphatic hydroxyl groups is 1. The molecule has 0 spiro atoms. The number of hydrogen-bond donors (Lipinski definition) is 3. The van der Waals surface area contributed by atoms with Gasteiger partial charge in [-0.05, 0) is 42.9 Å². The molecule has 0 aliphatic carbocycles. The van der Waals surface area contributed by atoms with Crippen LogP contribution in [0, 0.1) is 5.92 Å². The molecule has 2 aliphatic heterocycles. The maximum Gasteiger partial charge on any atom is 0.344 e. The van der Waals surface area contributed by atoms with Crippen molar-refractivity contribution in [3.05, 3.63) is 65.7 Å². The third-order valence-corrected chi connectivity index (χ3v) is 8.91. The van der Waals surface area contributed by atoms with E-state index in [0.29, 0.717) is 13.0 Å². The summed E-state index contributed by atoms with van der Waals surface area (Å²) in [5.41, 5.74) is 1.01. The van der Waals surface area contributed by atoms with Crippen molar-refractivity contribution in [1.82, 2.24) is 20.4 Å². The second-order valence-corrected chi connectivity index (χ2v) is 13.3. The highest BCUT2D eigenvalue weighted by Crippen LogP contribution is 2.25. The summed E-state index contributed by atoms with van der Waals surface area (Å²) < 4.78 is 11.0. The fraction of sp³-hybridized carbons (Fsp3) is 0.541. The van der Waals surface area contributed by atoms with E-state index in [1.807, 2.05) is 44.2 Å². The number of nitrogens with zero attached hydrogens (tertiary/aromatic N) is 2. The second-order valence-electron chi connectivity index (χ2n) is 13.3. The summed E-state index contributed by atoms with van der Waals surface area (Å²) in [5, 5.41) is 16.5. The predicted molar refractivity (Wildman–Crippen MR) is 183 cm³/mol. The van der Waals surface area contributed by atoms with E-state index in [0.717, 1.165) is 31.2 Å². The van der Waals surface area contributed by atoms with Crippen molar-refractivity contribution in [2.24, 2.45) is 5.92 Å². The van der Waals surface area contributed by atoms with Crippen LogP contribution in [0.15, 0.2) is 54.6 Å². The molecule has 0 saturated carbocycles. The number of ether oxygens (including phenoxy) is 2. The quantitative estimate of drug-likeness (QED) is 0.418. The molecule has 1 saturated heterocycles. The Balaban J connectivity index is 1.63. The number of aliphatic hydroxyl groups excluding tert-OH is 1. The van der Waals surface area contributed by atoms with Crippen LogP contribution in [0.4, 0.5) is 0 Å². The summed E-state index contributed by atoms with van der Waals surface area (Å²) in [5.74, 6) is -2.26. The standard InChI is InChI=1S/C37H50N4O8/c1-25(2)20-29-36(46)41-23-27(42)22-31(41)37(47)40(3)30(21-26-14-8-7-9-15-26)35(45)38-18-12-5-4-6-13-19-48-33(43)24-49-32-17-11-10-16-28(32)34(44)39-29/h7-11,14-17,25,27,29-31,42H,4-6,12-13,18-24H2,1-3H3,(H,38,45)(H,39,44)/t27-,29+,30-,31+/m0/s1. The molecule has 4 amide bonds. The number of hydrogen-bond acceptors (Lipinski definition) is 8. The first kappa shape index (κ1) is 37.4. The van der Waals surface area contributed by atoms with E-state index in [1.54, 1.807) is 25.2 Å². The van der Waals surface area contributed by atoms with Gasteiger partial charge in [0.05, 0.1) is 18.3 Å². The number of cyclic esters (lactones) is 1. The van der Waals surface area contributed by atoms with Gasteiger partial charge in [0, 0.05) is 33.0 Å². The minimum Gasteiger partial charge on any atom is -0.481 e. The first-order chi connectivity index (χ1) is 23.5. The smallest absolute Gasteiger partial charge is 0.344 e.